The van der Waals surface area contributed by atoms with Gasteiger partial charge in [-0.2, -0.15) is 0 Å². The topological polar surface area (TPSA) is 55.1 Å². The van der Waals surface area contributed by atoms with Gasteiger partial charge in [-0.15, -0.1) is 0 Å². The molecule has 0 aliphatic carbocycles. The molecule has 112 valence electrons. The Morgan fingerprint density at radius 3 is 2.95 bits per heavy atom. The number of carbonyl (C=O) groups excluding carboxylic acids is 1. The maximum Gasteiger partial charge on any atom is 0.224 e. The summed E-state index contributed by atoms with van der Waals surface area (Å²) in [5.41, 5.74) is 4.98. The number of amides is 1. The molecule has 3 aromatic rings. The van der Waals surface area contributed by atoms with Crippen molar-refractivity contribution in [3.63, 3.8) is 0 Å². The van der Waals surface area contributed by atoms with Gasteiger partial charge >= 0.3 is 0 Å². The highest BCUT2D eigenvalue weighted by Crippen LogP contribution is 2.14. The van der Waals surface area contributed by atoms with E-state index < -0.39 is 0 Å². The Hall–Kier alpha value is -2.62. The molecule has 4 heteroatoms. The first-order valence-electron chi connectivity index (χ1n) is 7.36. The zero-order valence-electron chi connectivity index (χ0n) is 12.5. The molecule has 1 amide bonds. The first-order chi connectivity index (χ1) is 10.7. The van der Waals surface area contributed by atoms with E-state index >= 15 is 0 Å². The SMILES string of the molecule is Cc1ccccc1CC(=O)NCCc1ccc2ncoc2c1. The lowest BCUT2D eigenvalue weighted by molar-refractivity contribution is -0.120. The Balaban J connectivity index is 1.52. The summed E-state index contributed by atoms with van der Waals surface area (Å²) in [6.45, 7) is 2.64. The summed E-state index contributed by atoms with van der Waals surface area (Å²) in [5.74, 6) is 0.0510. The van der Waals surface area contributed by atoms with E-state index in [1.54, 1.807) is 0 Å². The van der Waals surface area contributed by atoms with E-state index in [2.05, 4.69) is 10.3 Å². The molecule has 4 nitrogen and oxygen atoms in total. The summed E-state index contributed by atoms with van der Waals surface area (Å²) in [4.78, 5) is 16.1. The van der Waals surface area contributed by atoms with E-state index in [1.807, 2.05) is 49.4 Å². The number of nitrogens with one attached hydrogen (secondary N) is 1. The first kappa shape index (κ1) is 14.3. The number of aromatic nitrogens is 1. The number of aryl methyl sites for hydroxylation is 1. The quantitative estimate of drug-likeness (QED) is 0.787. The summed E-state index contributed by atoms with van der Waals surface area (Å²) in [5, 5.41) is 2.96. The van der Waals surface area contributed by atoms with E-state index in [4.69, 9.17) is 4.42 Å². The number of fused-ring (bicyclic) bond motifs is 1. The molecule has 0 saturated carbocycles. The monoisotopic (exact) mass is 294 g/mol. The van der Waals surface area contributed by atoms with E-state index in [-0.39, 0.29) is 5.91 Å². The second kappa shape index (κ2) is 6.43. The van der Waals surface area contributed by atoms with Crippen molar-refractivity contribution in [1.82, 2.24) is 10.3 Å². The zero-order valence-corrected chi connectivity index (χ0v) is 12.5. The Bertz CT molecular complexity index is 792. The summed E-state index contributed by atoms with van der Waals surface area (Å²) >= 11 is 0. The van der Waals surface area contributed by atoms with Gasteiger partial charge in [0.05, 0.1) is 6.42 Å². The van der Waals surface area contributed by atoms with Gasteiger partial charge in [0.1, 0.15) is 5.52 Å². The lowest BCUT2D eigenvalue weighted by Gasteiger charge is -2.07. The van der Waals surface area contributed by atoms with Crippen LogP contribution in [0.3, 0.4) is 0 Å². The Labute approximate surface area is 129 Å². The number of nitrogens with zero attached hydrogens (tertiary/aromatic N) is 1. The lowest BCUT2D eigenvalue weighted by Crippen LogP contribution is -2.27. The molecule has 1 aromatic heterocycles. The van der Waals surface area contributed by atoms with Crippen LogP contribution in [-0.2, 0) is 17.6 Å². The maximum atomic E-state index is 12.0. The molecule has 0 saturated heterocycles. The molecule has 0 aliphatic heterocycles. The van der Waals surface area contributed by atoms with Gasteiger partial charge in [0.15, 0.2) is 12.0 Å². The van der Waals surface area contributed by atoms with Crippen LogP contribution >= 0.6 is 0 Å². The number of oxazole rings is 1. The molecule has 3 rings (SSSR count). The summed E-state index contributed by atoms with van der Waals surface area (Å²) in [6.07, 6.45) is 2.64. The van der Waals surface area contributed by atoms with E-state index in [9.17, 15) is 4.79 Å². The third kappa shape index (κ3) is 3.34. The number of carbonyl (C=O) groups is 1. The van der Waals surface area contributed by atoms with Gasteiger partial charge in [-0.3, -0.25) is 4.79 Å². The van der Waals surface area contributed by atoms with Crippen LogP contribution in [0.25, 0.3) is 11.1 Å². The lowest BCUT2D eigenvalue weighted by atomic mass is 10.1. The van der Waals surface area contributed by atoms with Gasteiger partial charge < -0.3 is 9.73 Å². The smallest absolute Gasteiger partial charge is 0.224 e. The fourth-order valence-electron chi connectivity index (χ4n) is 2.45. The molecule has 0 spiro atoms. The van der Waals surface area contributed by atoms with Gasteiger partial charge in [0.25, 0.3) is 0 Å². The average Bonchev–Trinajstić information content (AvgIpc) is 2.97. The summed E-state index contributed by atoms with van der Waals surface area (Å²) < 4.78 is 5.28. The van der Waals surface area contributed by atoms with Gasteiger partial charge in [-0.25, -0.2) is 4.98 Å². The van der Waals surface area contributed by atoms with Crippen molar-refractivity contribution in [3.8, 4) is 0 Å². The minimum atomic E-state index is 0.0510. The minimum Gasteiger partial charge on any atom is -0.443 e. The van der Waals surface area contributed by atoms with Crippen LogP contribution in [0, 0.1) is 6.92 Å². The molecular weight excluding hydrogens is 276 g/mol. The second-order valence-electron chi connectivity index (χ2n) is 5.36. The van der Waals surface area contributed by atoms with Crippen molar-refractivity contribution in [2.75, 3.05) is 6.54 Å². The average molecular weight is 294 g/mol. The molecule has 22 heavy (non-hydrogen) atoms. The van der Waals surface area contributed by atoms with Gasteiger partial charge in [-0.1, -0.05) is 30.3 Å². The van der Waals surface area contributed by atoms with E-state index in [0.29, 0.717) is 13.0 Å². The molecule has 0 atom stereocenters. The zero-order chi connectivity index (χ0) is 15.4. The molecule has 0 radical (unpaired) electrons. The highest BCUT2D eigenvalue weighted by Gasteiger charge is 2.05. The largest absolute Gasteiger partial charge is 0.443 e. The van der Waals surface area contributed by atoms with Gasteiger partial charge in [-0.05, 0) is 42.2 Å². The number of rotatable bonds is 5. The molecule has 0 aliphatic rings. The van der Waals surface area contributed by atoms with Gasteiger partial charge in [0, 0.05) is 6.54 Å². The fourth-order valence-corrected chi connectivity index (χ4v) is 2.45. The van der Waals surface area contributed by atoms with E-state index in [1.165, 1.54) is 6.39 Å². The van der Waals surface area contributed by atoms with Crippen LogP contribution < -0.4 is 5.32 Å². The Morgan fingerprint density at radius 2 is 2.09 bits per heavy atom. The minimum absolute atomic E-state index is 0.0510. The van der Waals surface area contributed by atoms with Crippen molar-refractivity contribution in [2.45, 2.75) is 19.8 Å². The molecule has 2 aromatic carbocycles. The van der Waals surface area contributed by atoms with E-state index in [0.717, 1.165) is 34.2 Å². The fraction of sp³-hybridized carbons (Fsp3) is 0.222. The summed E-state index contributed by atoms with van der Waals surface area (Å²) in [7, 11) is 0. The van der Waals surface area contributed by atoms with Crippen LogP contribution in [0.4, 0.5) is 0 Å². The van der Waals surface area contributed by atoms with Crippen LogP contribution in [0.15, 0.2) is 53.3 Å². The third-order valence-electron chi connectivity index (χ3n) is 3.74. The molecule has 1 heterocycles. The number of hydrogen-bond donors (Lipinski definition) is 1. The maximum absolute atomic E-state index is 12.0. The van der Waals surface area contributed by atoms with Crippen LogP contribution in [0.1, 0.15) is 16.7 Å². The first-order valence-corrected chi connectivity index (χ1v) is 7.36. The standard InChI is InChI=1S/C18H18N2O2/c1-13-4-2-3-5-15(13)11-18(21)19-9-8-14-6-7-16-17(10-14)22-12-20-16/h2-7,10,12H,8-9,11H2,1H3,(H,19,21). The Morgan fingerprint density at radius 1 is 1.23 bits per heavy atom. The van der Waals surface area contributed by atoms with Crippen molar-refractivity contribution >= 4 is 17.0 Å². The normalized spacial score (nSPS) is 10.8. The van der Waals surface area contributed by atoms with Crippen LogP contribution in [0.5, 0.6) is 0 Å². The third-order valence-corrected chi connectivity index (χ3v) is 3.74. The highest BCUT2D eigenvalue weighted by atomic mass is 16.3. The number of benzene rings is 2. The van der Waals surface area contributed by atoms with Gasteiger partial charge in [0.2, 0.25) is 5.91 Å². The number of hydrogen-bond acceptors (Lipinski definition) is 3. The molecule has 0 unspecified atom stereocenters. The molecule has 1 N–H and O–H groups in total. The summed E-state index contributed by atoms with van der Waals surface area (Å²) in [6, 6.07) is 13.9. The molecule has 0 bridgehead atoms. The molecule has 0 fully saturated rings. The van der Waals surface area contributed by atoms with Crippen LogP contribution in [0.2, 0.25) is 0 Å². The second-order valence-corrected chi connectivity index (χ2v) is 5.36. The molecular formula is C18H18N2O2. The van der Waals surface area contributed by atoms with Crippen molar-refractivity contribution in [3.05, 3.63) is 65.5 Å². The van der Waals surface area contributed by atoms with Crippen molar-refractivity contribution in [2.24, 2.45) is 0 Å². The highest BCUT2D eigenvalue weighted by molar-refractivity contribution is 5.79. The predicted molar refractivity (Wildman–Crippen MR) is 85.6 cm³/mol. The van der Waals surface area contributed by atoms with Crippen molar-refractivity contribution < 1.29 is 9.21 Å². The predicted octanol–water partition coefficient (Wildman–Crippen LogP) is 3.04. The van der Waals surface area contributed by atoms with Crippen LogP contribution in [-0.4, -0.2) is 17.4 Å². The Kier molecular flexibility index (Phi) is 4.19. The van der Waals surface area contributed by atoms with Crippen molar-refractivity contribution in [1.29, 1.82) is 0 Å².